The summed E-state index contributed by atoms with van der Waals surface area (Å²) in [6.07, 6.45) is 0. The van der Waals surface area contributed by atoms with Gasteiger partial charge in [-0.15, -0.1) is 28.3 Å². The van der Waals surface area contributed by atoms with Gasteiger partial charge in [0.15, 0.2) is 0 Å². The summed E-state index contributed by atoms with van der Waals surface area (Å²) in [5, 5.41) is 1.94. The minimum absolute atomic E-state index is 0. The zero-order valence-corrected chi connectivity index (χ0v) is 9.14. The zero-order valence-electron chi connectivity index (χ0n) is 6.61. The number of rotatable bonds is 1. The van der Waals surface area contributed by atoms with Crippen LogP contribution in [0.15, 0.2) is 35.2 Å². The number of aromatic nitrogens is 1. The van der Waals surface area contributed by atoms with Crippen molar-refractivity contribution in [3.63, 3.8) is 0 Å². The molecule has 1 aromatic heterocycles. The first-order valence-electron chi connectivity index (χ1n) is 3.50. The largest absolute Gasteiger partial charge is 0.245 e. The Hall–Kier alpha value is -0.740. The Morgan fingerprint density at radius 1 is 1.15 bits per heavy atom. The van der Waals surface area contributed by atoms with Gasteiger partial charge in [0.05, 0.1) is 11.2 Å². The summed E-state index contributed by atoms with van der Waals surface area (Å²) in [5.74, 6) is -0.214. The first-order chi connectivity index (χ1) is 5.86. The van der Waals surface area contributed by atoms with Gasteiger partial charge in [-0.2, -0.15) is 0 Å². The number of hydrogen-bond acceptors (Lipinski definition) is 2. The summed E-state index contributed by atoms with van der Waals surface area (Å²) >= 11 is 1.53. The highest BCUT2D eigenvalue weighted by Crippen LogP contribution is 2.18. The lowest BCUT2D eigenvalue weighted by Crippen LogP contribution is -1.77. The Balaban J connectivity index is 0.000000845. The van der Waals surface area contributed by atoms with Crippen molar-refractivity contribution in [2.75, 3.05) is 0 Å². The standard InChI is InChI=1S/C9H6FNS.BrH/c10-8-3-1-7(2-4-8)9-5-12-6-11-9;/h1-6H;1H. The average Bonchev–Trinajstić information content (AvgIpc) is 2.58. The maximum atomic E-state index is 12.5. The van der Waals surface area contributed by atoms with E-state index in [1.165, 1.54) is 23.5 Å². The molecule has 68 valence electrons. The van der Waals surface area contributed by atoms with Crippen molar-refractivity contribution in [2.45, 2.75) is 0 Å². The van der Waals surface area contributed by atoms with Crippen LogP contribution in [0.2, 0.25) is 0 Å². The van der Waals surface area contributed by atoms with Gasteiger partial charge >= 0.3 is 0 Å². The second-order valence-corrected chi connectivity index (χ2v) is 3.10. The predicted molar refractivity (Wildman–Crippen MR) is 57.8 cm³/mol. The summed E-state index contributed by atoms with van der Waals surface area (Å²) in [6, 6.07) is 6.33. The van der Waals surface area contributed by atoms with Crippen LogP contribution in [0, 0.1) is 5.82 Å². The molecule has 0 saturated carbocycles. The molecule has 1 heterocycles. The van der Waals surface area contributed by atoms with Crippen molar-refractivity contribution in [1.29, 1.82) is 0 Å². The zero-order chi connectivity index (χ0) is 8.39. The summed E-state index contributed by atoms with van der Waals surface area (Å²) < 4.78 is 12.5. The van der Waals surface area contributed by atoms with E-state index >= 15 is 0 Å². The predicted octanol–water partition coefficient (Wildman–Crippen LogP) is 3.53. The van der Waals surface area contributed by atoms with Gasteiger partial charge < -0.3 is 0 Å². The molecule has 0 spiro atoms. The van der Waals surface area contributed by atoms with E-state index in [0.29, 0.717) is 0 Å². The molecular formula is C9H7BrFNS. The van der Waals surface area contributed by atoms with Gasteiger partial charge in [-0.3, -0.25) is 0 Å². The van der Waals surface area contributed by atoms with E-state index in [4.69, 9.17) is 0 Å². The van der Waals surface area contributed by atoms with E-state index < -0.39 is 0 Å². The van der Waals surface area contributed by atoms with Crippen LogP contribution in [-0.4, -0.2) is 4.98 Å². The molecule has 13 heavy (non-hydrogen) atoms. The van der Waals surface area contributed by atoms with Crippen LogP contribution >= 0.6 is 28.3 Å². The number of thiazole rings is 1. The fraction of sp³-hybridized carbons (Fsp3) is 0. The third-order valence-electron chi connectivity index (χ3n) is 1.57. The fourth-order valence-corrected chi connectivity index (χ4v) is 1.54. The van der Waals surface area contributed by atoms with E-state index in [1.807, 2.05) is 5.38 Å². The van der Waals surface area contributed by atoms with Gasteiger partial charge in [0.2, 0.25) is 0 Å². The molecule has 0 radical (unpaired) electrons. The molecule has 2 rings (SSSR count). The van der Waals surface area contributed by atoms with Crippen molar-refractivity contribution >= 4 is 28.3 Å². The Labute approximate surface area is 90.0 Å². The van der Waals surface area contributed by atoms with Gasteiger partial charge in [0.25, 0.3) is 0 Å². The van der Waals surface area contributed by atoms with E-state index in [9.17, 15) is 4.39 Å². The second-order valence-electron chi connectivity index (χ2n) is 2.38. The Bertz CT molecular complexity index is 358. The summed E-state index contributed by atoms with van der Waals surface area (Å²) in [5.41, 5.74) is 3.62. The molecule has 0 fully saturated rings. The molecule has 1 nitrogen and oxygen atoms in total. The van der Waals surface area contributed by atoms with Gasteiger partial charge in [-0.05, 0) is 24.3 Å². The summed E-state index contributed by atoms with van der Waals surface area (Å²) in [4.78, 5) is 4.11. The smallest absolute Gasteiger partial charge is 0.123 e. The molecule has 0 bridgehead atoms. The number of halogens is 2. The lowest BCUT2D eigenvalue weighted by Gasteiger charge is -1.94. The molecule has 0 amide bonds. The van der Waals surface area contributed by atoms with Gasteiger partial charge in [-0.25, -0.2) is 9.37 Å². The second kappa shape index (κ2) is 4.48. The fourth-order valence-electron chi connectivity index (χ4n) is 0.976. The van der Waals surface area contributed by atoms with E-state index in [0.717, 1.165) is 11.3 Å². The van der Waals surface area contributed by atoms with Crippen molar-refractivity contribution < 1.29 is 4.39 Å². The van der Waals surface area contributed by atoms with Gasteiger partial charge in [-0.1, -0.05) is 0 Å². The molecule has 0 aliphatic carbocycles. The molecule has 0 N–H and O–H groups in total. The van der Waals surface area contributed by atoms with Crippen molar-refractivity contribution in [3.8, 4) is 11.3 Å². The lowest BCUT2D eigenvalue weighted by molar-refractivity contribution is 0.628. The molecular weight excluding hydrogens is 253 g/mol. The normalized spacial score (nSPS) is 9.31. The van der Waals surface area contributed by atoms with Gasteiger partial charge in [0, 0.05) is 10.9 Å². The topological polar surface area (TPSA) is 12.9 Å². The van der Waals surface area contributed by atoms with Gasteiger partial charge in [0.1, 0.15) is 5.82 Å². The van der Waals surface area contributed by atoms with Crippen LogP contribution in [0.25, 0.3) is 11.3 Å². The third-order valence-corrected chi connectivity index (χ3v) is 2.16. The highest BCUT2D eigenvalue weighted by Gasteiger charge is 1.98. The van der Waals surface area contributed by atoms with Crippen LogP contribution in [-0.2, 0) is 0 Å². The molecule has 0 aliphatic heterocycles. The Morgan fingerprint density at radius 3 is 2.38 bits per heavy atom. The van der Waals surface area contributed by atoms with E-state index in [1.54, 1.807) is 17.6 Å². The third kappa shape index (κ3) is 2.35. The maximum absolute atomic E-state index is 12.5. The highest BCUT2D eigenvalue weighted by molar-refractivity contribution is 8.93. The lowest BCUT2D eigenvalue weighted by atomic mass is 10.2. The molecule has 2 aromatic rings. The quantitative estimate of drug-likeness (QED) is 0.764. The van der Waals surface area contributed by atoms with Crippen LogP contribution in [0.4, 0.5) is 4.39 Å². The monoisotopic (exact) mass is 259 g/mol. The first kappa shape index (κ1) is 10.3. The van der Waals surface area contributed by atoms with Crippen LogP contribution in [0.5, 0.6) is 0 Å². The highest BCUT2D eigenvalue weighted by atomic mass is 79.9. The minimum atomic E-state index is -0.214. The molecule has 0 atom stereocenters. The Kier molecular flexibility index (Phi) is 3.57. The SMILES string of the molecule is Br.Fc1ccc(-c2cscn2)cc1. The van der Waals surface area contributed by atoms with Crippen LogP contribution in [0.3, 0.4) is 0 Å². The van der Waals surface area contributed by atoms with Crippen molar-refractivity contribution in [1.82, 2.24) is 4.98 Å². The molecule has 1 aromatic carbocycles. The Morgan fingerprint density at radius 2 is 1.85 bits per heavy atom. The maximum Gasteiger partial charge on any atom is 0.123 e. The molecule has 0 unspecified atom stereocenters. The molecule has 4 heteroatoms. The number of benzene rings is 1. The van der Waals surface area contributed by atoms with Crippen LogP contribution in [0.1, 0.15) is 0 Å². The number of nitrogens with zero attached hydrogens (tertiary/aromatic N) is 1. The summed E-state index contributed by atoms with van der Waals surface area (Å²) in [6.45, 7) is 0. The van der Waals surface area contributed by atoms with Crippen molar-refractivity contribution in [2.24, 2.45) is 0 Å². The average molecular weight is 260 g/mol. The molecule has 0 saturated heterocycles. The van der Waals surface area contributed by atoms with E-state index in [2.05, 4.69) is 4.98 Å². The van der Waals surface area contributed by atoms with E-state index in [-0.39, 0.29) is 22.8 Å². The number of hydrogen-bond donors (Lipinski definition) is 0. The van der Waals surface area contributed by atoms with Crippen molar-refractivity contribution in [3.05, 3.63) is 41.0 Å². The summed E-state index contributed by atoms with van der Waals surface area (Å²) in [7, 11) is 0. The minimum Gasteiger partial charge on any atom is -0.245 e. The molecule has 0 aliphatic rings. The first-order valence-corrected chi connectivity index (χ1v) is 4.45. The van der Waals surface area contributed by atoms with Crippen LogP contribution < -0.4 is 0 Å².